The second-order valence-electron chi connectivity index (χ2n) is 7.57. The summed E-state index contributed by atoms with van der Waals surface area (Å²) in [6.07, 6.45) is 3.12. The van der Waals surface area contributed by atoms with Crippen molar-refractivity contribution in [1.29, 1.82) is 0 Å². The first-order valence-corrected chi connectivity index (χ1v) is 10.6. The first-order chi connectivity index (χ1) is 14.9. The van der Waals surface area contributed by atoms with Gasteiger partial charge in [0.25, 0.3) is 5.91 Å². The van der Waals surface area contributed by atoms with Crippen LogP contribution in [0.5, 0.6) is 0 Å². The molecule has 0 saturated heterocycles. The summed E-state index contributed by atoms with van der Waals surface area (Å²) >= 11 is 0. The summed E-state index contributed by atoms with van der Waals surface area (Å²) in [6, 6.07) is 14.5. The zero-order valence-electron chi connectivity index (χ0n) is 18.5. The molecule has 2 rings (SSSR count). The van der Waals surface area contributed by atoms with Gasteiger partial charge in [0.15, 0.2) is 0 Å². The first kappa shape index (κ1) is 23.9. The summed E-state index contributed by atoms with van der Waals surface area (Å²) in [6.45, 7) is 2.86. The predicted octanol–water partition coefficient (Wildman–Crippen LogP) is 3.29. The number of carbonyl (C=O) groups is 3. The first-order valence-electron chi connectivity index (χ1n) is 10.6. The number of hydrogen-bond acceptors (Lipinski definition) is 4. The molecule has 0 spiro atoms. The molecule has 7 nitrogen and oxygen atoms in total. The molecular weight excluding hydrogens is 392 g/mol. The van der Waals surface area contributed by atoms with Crippen molar-refractivity contribution < 1.29 is 14.4 Å². The molecule has 3 amide bonds. The van der Waals surface area contributed by atoms with E-state index in [0.717, 1.165) is 24.1 Å². The Morgan fingerprint density at radius 3 is 2.16 bits per heavy atom. The molecule has 0 atom stereocenters. The topological polar surface area (TPSA) is 90.5 Å². The van der Waals surface area contributed by atoms with Gasteiger partial charge in [-0.1, -0.05) is 25.5 Å². The van der Waals surface area contributed by atoms with E-state index in [1.807, 2.05) is 24.3 Å². The third-order valence-corrected chi connectivity index (χ3v) is 4.78. The Bertz CT molecular complexity index is 861. The van der Waals surface area contributed by atoms with Gasteiger partial charge in [-0.25, -0.2) is 0 Å². The highest BCUT2D eigenvalue weighted by Gasteiger charge is 2.07. The second-order valence-corrected chi connectivity index (χ2v) is 7.57. The Morgan fingerprint density at radius 1 is 0.903 bits per heavy atom. The molecule has 0 aliphatic carbocycles. The zero-order chi connectivity index (χ0) is 22.6. The maximum absolute atomic E-state index is 12.2. The number of rotatable bonds is 11. The third kappa shape index (κ3) is 8.50. The van der Waals surface area contributed by atoms with Gasteiger partial charge in [-0.05, 0) is 54.8 Å². The van der Waals surface area contributed by atoms with Gasteiger partial charge in [0.2, 0.25) is 11.8 Å². The third-order valence-electron chi connectivity index (χ3n) is 4.78. The molecule has 0 unspecified atom stereocenters. The molecule has 0 fully saturated rings. The van der Waals surface area contributed by atoms with E-state index in [4.69, 9.17) is 0 Å². The molecule has 0 aliphatic rings. The summed E-state index contributed by atoms with van der Waals surface area (Å²) in [4.78, 5) is 37.5. The van der Waals surface area contributed by atoms with E-state index in [2.05, 4.69) is 22.9 Å². The lowest BCUT2D eigenvalue weighted by Crippen LogP contribution is -2.24. The van der Waals surface area contributed by atoms with Crippen LogP contribution in [0.2, 0.25) is 0 Å². The Labute approximate surface area is 184 Å². The summed E-state index contributed by atoms with van der Waals surface area (Å²) < 4.78 is 0. The minimum Gasteiger partial charge on any atom is -0.376 e. The van der Waals surface area contributed by atoms with E-state index < -0.39 is 0 Å². The van der Waals surface area contributed by atoms with Crippen LogP contribution in [0, 0.1) is 0 Å². The summed E-state index contributed by atoms with van der Waals surface area (Å²) in [5.41, 5.74) is 3.11. The van der Waals surface area contributed by atoms with E-state index >= 15 is 0 Å². The van der Waals surface area contributed by atoms with Gasteiger partial charge >= 0.3 is 0 Å². The lowest BCUT2D eigenvalue weighted by atomic mass is 10.1. The van der Waals surface area contributed by atoms with Crippen LogP contribution >= 0.6 is 0 Å². The van der Waals surface area contributed by atoms with Crippen LogP contribution in [0.25, 0.3) is 0 Å². The molecule has 0 aliphatic heterocycles. The van der Waals surface area contributed by atoms with Crippen molar-refractivity contribution in [3.63, 3.8) is 0 Å². The van der Waals surface area contributed by atoms with Crippen molar-refractivity contribution >= 4 is 29.1 Å². The van der Waals surface area contributed by atoms with Crippen molar-refractivity contribution in [3.05, 3.63) is 59.7 Å². The van der Waals surface area contributed by atoms with Gasteiger partial charge in [-0.15, -0.1) is 0 Å². The van der Waals surface area contributed by atoms with Gasteiger partial charge in [-0.2, -0.15) is 0 Å². The fraction of sp³-hybridized carbons (Fsp3) is 0.375. The van der Waals surface area contributed by atoms with Crippen molar-refractivity contribution in [1.82, 2.24) is 10.2 Å². The van der Waals surface area contributed by atoms with Gasteiger partial charge in [0, 0.05) is 44.0 Å². The normalized spacial score (nSPS) is 10.3. The highest BCUT2D eigenvalue weighted by molar-refractivity contribution is 5.95. The number of amides is 3. The number of benzene rings is 2. The van der Waals surface area contributed by atoms with Crippen LogP contribution in [0.1, 0.15) is 42.1 Å². The van der Waals surface area contributed by atoms with Crippen molar-refractivity contribution in [2.45, 2.75) is 32.6 Å². The number of unbranched alkanes of at least 4 members (excludes halogenated alkanes) is 1. The van der Waals surface area contributed by atoms with Crippen LogP contribution in [-0.4, -0.2) is 49.8 Å². The van der Waals surface area contributed by atoms with Crippen LogP contribution in [0.4, 0.5) is 11.4 Å². The van der Waals surface area contributed by atoms with Crippen molar-refractivity contribution in [3.8, 4) is 0 Å². The van der Waals surface area contributed by atoms with Gasteiger partial charge in [0.05, 0.1) is 6.54 Å². The predicted molar refractivity (Wildman–Crippen MR) is 124 cm³/mol. The lowest BCUT2D eigenvalue weighted by Gasteiger charge is -2.11. The monoisotopic (exact) mass is 424 g/mol. The second kappa shape index (κ2) is 12.4. The maximum Gasteiger partial charge on any atom is 0.251 e. The standard InChI is InChI=1S/C24H32N4O3/c1-4-5-16-25-24(31)19-9-13-20(14-10-19)26-17-22(29)27-21-11-6-18(7-12-21)8-15-23(30)28(2)3/h6-7,9-14,26H,4-5,8,15-17H2,1-3H3,(H,25,31)(H,27,29). The van der Waals surface area contributed by atoms with Gasteiger partial charge in [-0.3, -0.25) is 14.4 Å². The molecule has 0 heterocycles. The molecule has 2 aromatic carbocycles. The van der Waals surface area contributed by atoms with E-state index in [0.29, 0.717) is 30.6 Å². The Morgan fingerprint density at radius 2 is 1.55 bits per heavy atom. The van der Waals surface area contributed by atoms with Crippen LogP contribution < -0.4 is 16.0 Å². The van der Waals surface area contributed by atoms with E-state index in [9.17, 15) is 14.4 Å². The number of carbonyl (C=O) groups excluding carboxylic acids is 3. The Kier molecular flexibility index (Phi) is 9.55. The summed E-state index contributed by atoms with van der Waals surface area (Å²) in [7, 11) is 3.49. The fourth-order valence-corrected chi connectivity index (χ4v) is 2.84. The highest BCUT2D eigenvalue weighted by atomic mass is 16.2. The molecule has 31 heavy (non-hydrogen) atoms. The molecule has 0 radical (unpaired) electrons. The quantitative estimate of drug-likeness (QED) is 0.483. The van der Waals surface area contributed by atoms with Gasteiger partial charge in [0.1, 0.15) is 0 Å². The lowest BCUT2D eigenvalue weighted by molar-refractivity contribution is -0.128. The van der Waals surface area contributed by atoms with Crippen molar-refractivity contribution in [2.75, 3.05) is 37.8 Å². The fourth-order valence-electron chi connectivity index (χ4n) is 2.84. The number of nitrogens with one attached hydrogen (secondary N) is 3. The molecular formula is C24H32N4O3. The minimum absolute atomic E-state index is 0.0905. The molecule has 0 bridgehead atoms. The number of aryl methyl sites for hydroxylation is 1. The maximum atomic E-state index is 12.2. The zero-order valence-corrected chi connectivity index (χ0v) is 18.5. The van der Waals surface area contributed by atoms with Crippen LogP contribution in [-0.2, 0) is 16.0 Å². The number of anilines is 2. The molecule has 3 N–H and O–H groups in total. The van der Waals surface area contributed by atoms with E-state index in [1.165, 1.54) is 0 Å². The SMILES string of the molecule is CCCCNC(=O)c1ccc(NCC(=O)Nc2ccc(CCC(=O)N(C)C)cc2)cc1. The van der Waals surface area contributed by atoms with Crippen LogP contribution in [0.15, 0.2) is 48.5 Å². The molecule has 166 valence electrons. The smallest absolute Gasteiger partial charge is 0.251 e. The molecule has 0 saturated carbocycles. The average molecular weight is 425 g/mol. The largest absolute Gasteiger partial charge is 0.376 e. The van der Waals surface area contributed by atoms with E-state index in [1.54, 1.807) is 43.3 Å². The number of hydrogen-bond donors (Lipinski definition) is 3. The summed E-state index contributed by atoms with van der Waals surface area (Å²) in [5, 5.41) is 8.77. The van der Waals surface area contributed by atoms with E-state index in [-0.39, 0.29) is 24.3 Å². The average Bonchev–Trinajstić information content (AvgIpc) is 2.77. The Hall–Kier alpha value is -3.35. The van der Waals surface area contributed by atoms with Crippen LogP contribution in [0.3, 0.4) is 0 Å². The Balaban J connectivity index is 1.76. The minimum atomic E-state index is -0.170. The van der Waals surface area contributed by atoms with Crippen molar-refractivity contribution in [2.24, 2.45) is 0 Å². The van der Waals surface area contributed by atoms with Gasteiger partial charge < -0.3 is 20.9 Å². The molecule has 7 heteroatoms. The highest BCUT2D eigenvalue weighted by Crippen LogP contribution is 2.12. The number of nitrogens with zero attached hydrogens (tertiary/aromatic N) is 1. The summed E-state index contributed by atoms with van der Waals surface area (Å²) in [5.74, 6) is -0.169. The molecule has 0 aromatic heterocycles. The molecule has 2 aromatic rings.